The summed E-state index contributed by atoms with van der Waals surface area (Å²) in [6, 6.07) is 60.9. The van der Waals surface area contributed by atoms with Gasteiger partial charge in [0.2, 0.25) is 0 Å². The Bertz CT molecular complexity index is 3780. The first kappa shape index (κ1) is 27.4. The Morgan fingerprint density at radius 1 is 0.351 bits per heavy atom. The average molecular weight is 748 g/mol. The van der Waals surface area contributed by atoms with Crippen molar-refractivity contribution >= 4 is 75.1 Å². The van der Waals surface area contributed by atoms with Gasteiger partial charge in [-0.25, -0.2) is 0 Å². The summed E-state index contributed by atoms with van der Waals surface area (Å²) in [5.41, 5.74) is 12.1. The molecule has 3 heterocycles. The van der Waals surface area contributed by atoms with Crippen LogP contribution in [0.1, 0.15) is 6.85 Å². The van der Waals surface area contributed by atoms with Crippen molar-refractivity contribution in [1.29, 1.82) is 0 Å². The highest BCUT2D eigenvalue weighted by atomic mass is 32.1. The largest absolute Gasteiger partial charge is 0.309 e. The summed E-state index contributed by atoms with van der Waals surface area (Å²) in [7, 11) is 0. The van der Waals surface area contributed by atoms with Crippen LogP contribution in [0.4, 0.5) is 0 Å². The predicted octanol–water partition coefficient (Wildman–Crippen LogP) is 15.2. The lowest BCUT2D eigenvalue weighted by Gasteiger charge is -2.11. The molecule has 9 aromatic carbocycles. The SMILES string of the molecule is [2H]c1c([2H])c([2H])c(-c2cccc3sc4ccc(-n5c6ccccc6c6cc(-c7ccc8c(c7)c7ccccc7n8-c7ccc(-c8ccccc8)cc7)ccc65)cc4c23)c([2H])c1[2H]. The first-order valence-electron chi connectivity index (χ1n) is 21.6. The van der Waals surface area contributed by atoms with E-state index in [1.54, 1.807) is 11.3 Å². The predicted molar refractivity (Wildman–Crippen MR) is 244 cm³/mol. The van der Waals surface area contributed by atoms with Crippen LogP contribution < -0.4 is 0 Å². The average Bonchev–Trinajstić information content (AvgIpc) is 3.98. The molecule has 57 heavy (non-hydrogen) atoms. The van der Waals surface area contributed by atoms with Gasteiger partial charge in [0, 0.05) is 53.1 Å². The molecule has 2 nitrogen and oxygen atoms in total. The van der Waals surface area contributed by atoms with E-state index in [2.05, 4.69) is 161 Å². The lowest BCUT2D eigenvalue weighted by atomic mass is 9.99. The maximum Gasteiger partial charge on any atom is 0.0629 e. The second-order valence-electron chi connectivity index (χ2n) is 14.5. The molecule has 0 aliphatic rings. The fourth-order valence-electron chi connectivity index (χ4n) is 8.84. The molecule has 0 unspecified atom stereocenters. The maximum atomic E-state index is 8.79. The van der Waals surface area contributed by atoms with Crippen LogP contribution in [0.15, 0.2) is 206 Å². The quantitative estimate of drug-likeness (QED) is 0.166. The van der Waals surface area contributed by atoms with E-state index in [0.717, 1.165) is 70.0 Å². The molecule has 0 saturated carbocycles. The van der Waals surface area contributed by atoms with Gasteiger partial charge in [0.15, 0.2) is 0 Å². The van der Waals surface area contributed by atoms with Gasteiger partial charge in [0.05, 0.1) is 28.9 Å². The van der Waals surface area contributed by atoms with Crippen molar-refractivity contribution in [3.63, 3.8) is 0 Å². The van der Waals surface area contributed by atoms with E-state index >= 15 is 0 Å². The van der Waals surface area contributed by atoms with Crippen LogP contribution in [0.5, 0.6) is 0 Å². The molecule has 3 heteroatoms. The minimum Gasteiger partial charge on any atom is -0.309 e. The van der Waals surface area contributed by atoms with Gasteiger partial charge in [-0.05, 0) is 106 Å². The van der Waals surface area contributed by atoms with E-state index in [0.29, 0.717) is 5.56 Å². The number of hydrogen-bond donors (Lipinski definition) is 0. The Morgan fingerprint density at radius 2 is 0.912 bits per heavy atom. The van der Waals surface area contributed by atoms with E-state index in [9.17, 15) is 0 Å². The van der Waals surface area contributed by atoms with Crippen LogP contribution in [0.3, 0.4) is 0 Å². The van der Waals surface area contributed by atoms with Crippen molar-refractivity contribution in [2.24, 2.45) is 0 Å². The second kappa shape index (κ2) is 12.7. The molecule has 0 radical (unpaired) electrons. The van der Waals surface area contributed by atoms with E-state index in [4.69, 9.17) is 6.85 Å². The number of aromatic nitrogens is 2. The third-order valence-corrected chi connectivity index (χ3v) is 12.6. The van der Waals surface area contributed by atoms with Gasteiger partial charge in [0.1, 0.15) is 0 Å². The summed E-state index contributed by atoms with van der Waals surface area (Å²) in [5, 5.41) is 6.57. The van der Waals surface area contributed by atoms with Gasteiger partial charge in [-0.1, -0.05) is 133 Å². The first-order chi connectivity index (χ1) is 30.3. The van der Waals surface area contributed by atoms with Crippen LogP contribution in [0.2, 0.25) is 0 Å². The maximum absolute atomic E-state index is 8.79. The molecule has 12 aromatic rings. The minimum atomic E-state index is -0.392. The van der Waals surface area contributed by atoms with Gasteiger partial charge in [-0.2, -0.15) is 0 Å². The lowest BCUT2D eigenvalue weighted by molar-refractivity contribution is 1.18. The zero-order valence-electron chi connectivity index (χ0n) is 35.5. The summed E-state index contributed by atoms with van der Waals surface area (Å²) in [6.45, 7) is 0. The zero-order chi connectivity index (χ0) is 41.8. The number of benzene rings is 9. The highest BCUT2D eigenvalue weighted by Gasteiger charge is 2.18. The van der Waals surface area contributed by atoms with E-state index in [1.165, 1.54) is 27.4 Å². The van der Waals surface area contributed by atoms with Gasteiger partial charge in [0.25, 0.3) is 0 Å². The van der Waals surface area contributed by atoms with Crippen molar-refractivity contribution in [3.8, 4) is 44.8 Å². The number of thiophene rings is 1. The molecule has 0 aliphatic heterocycles. The normalized spacial score (nSPS) is 13.1. The minimum absolute atomic E-state index is 0.198. The van der Waals surface area contributed by atoms with Crippen molar-refractivity contribution in [2.75, 3.05) is 0 Å². The molecular formula is C54H34N2S. The first-order valence-corrected chi connectivity index (χ1v) is 19.9. The van der Waals surface area contributed by atoms with Crippen molar-refractivity contribution in [2.45, 2.75) is 0 Å². The highest BCUT2D eigenvalue weighted by molar-refractivity contribution is 7.26. The van der Waals surface area contributed by atoms with Crippen LogP contribution in [-0.2, 0) is 0 Å². The highest BCUT2D eigenvalue weighted by Crippen LogP contribution is 2.43. The molecule has 0 bridgehead atoms. The summed E-state index contributed by atoms with van der Waals surface area (Å²) >= 11 is 1.64. The molecule has 266 valence electrons. The van der Waals surface area contributed by atoms with Gasteiger partial charge in [-0.3, -0.25) is 0 Å². The van der Waals surface area contributed by atoms with Crippen molar-refractivity contribution < 1.29 is 6.85 Å². The Labute approximate surface area is 340 Å². The molecule has 3 aromatic heterocycles. The molecule has 0 spiro atoms. The Balaban J connectivity index is 0.997. The number of para-hydroxylation sites is 2. The summed E-state index contributed by atoms with van der Waals surface area (Å²) in [5.74, 6) is 0. The summed E-state index contributed by atoms with van der Waals surface area (Å²) < 4.78 is 49.3. The topological polar surface area (TPSA) is 9.86 Å². The standard InChI is InChI=1S/C54H34N2S/c1-3-12-35(13-4-1)36-22-26-40(27-23-36)55-48-19-9-7-16-43(48)45-32-38(24-29-50(45)55)39-25-30-51-46(33-39)44-17-8-10-20-49(44)56(51)41-28-31-52-47(34-41)54-42(18-11-21-53(54)57-52)37-14-5-2-6-15-37/h1-34H/i2D,5D,6D,14D,15D. The Kier molecular flexibility index (Phi) is 6.09. The van der Waals surface area contributed by atoms with Gasteiger partial charge < -0.3 is 9.13 Å². The molecule has 0 fully saturated rings. The third-order valence-electron chi connectivity index (χ3n) is 11.4. The molecule has 0 aliphatic carbocycles. The van der Waals surface area contributed by atoms with Crippen LogP contribution >= 0.6 is 11.3 Å². The lowest BCUT2D eigenvalue weighted by Crippen LogP contribution is -1.94. The van der Waals surface area contributed by atoms with Crippen molar-refractivity contribution in [3.05, 3.63) is 206 Å². The fraction of sp³-hybridized carbons (Fsp3) is 0. The van der Waals surface area contributed by atoms with Crippen LogP contribution in [0.25, 0.3) is 109 Å². The van der Waals surface area contributed by atoms with Gasteiger partial charge in [-0.15, -0.1) is 11.3 Å². The van der Waals surface area contributed by atoms with Crippen LogP contribution in [0, 0.1) is 0 Å². The second-order valence-corrected chi connectivity index (χ2v) is 15.6. The molecule has 0 amide bonds. The van der Waals surface area contributed by atoms with E-state index < -0.39 is 6.04 Å². The van der Waals surface area contributed by atoms with E-state index in [-0.39, 0.29) is 29.7 Å². The third kappa shape index (κ3) is 5.03. The number of nitrogens with zero attached hydrogens (tertiary/aromatic N) is 2. The van der Waals surface area contributed by atoms with Gasteiger partial charge >= 0.3 is 0 Å². The monoisotopic (exact) mass is 747 g/mol. The number of fused-ring (bicyclic) bond motifs is 9. The number of hydrogen-bond acceptors (Lipinski definition) is 1. The zero-order valence-corrected chi connectivity index (χ0v) is 31.4. The molecule has 12 rings (SSSR count). The molecule has 0 atom stereocenters. The van der Waals surface area contributed by atoms with E-state index in [1.807, 2.05) is 24.3 Å². The summed E-state index contributed by atoms with van der Waals surface area (Å²) in [4.78, 5) is 0. The smallest absolute Gasteiger partial charge is 0.0629 e. The summed E-state index contributed by atoms with van der Waals surface area (Å²) in [6.07, 6.45) is 0. The Hall–Kier alpha value is -7.20. The molecular weight excluding hydrogens is 709 g/mol. The Morgan fingerprint density at radius 3 is 1.60 bits per heavy atom. The number of rotatable bonds is 5. The molecule has 0 N–H and O–H groups in total. The van der Waals surface area contributed by atoms with Crippen molar-refractivity contribution in [1.82, 2.24) is 9.13 Å². The van der Waals surface area contributed by atoms with Crippen LogP contribution in [-0.4, -0.2) is 9.13 Å². The fourth-order valence-corrected chi connectivity index (χ4v) is 9.95. The molecule has 0 saturated heterocycles.